The Morgan fingerprint density at radius 2 is 2.21 bits per heavy atom. The average molecular weight is 325 g/mol. The first kappa shape index (κ1) is 14.1. The molecule has 19 heavy (non-hydrogen) atoms. The van der Waals surface area contributed by atoms with Gasteiger partial charge in [-0.2, -0.15) is 5.10 Å². The summed E-state index contributed by atoms with van der Waals surface area (Å²) < 4.78 is 8.05. The van der Waals surface area contributed by atoms with Crippen molar-refractivity contribution in [2.75, 3.05) is 7.11 Å². The van der Waals surface area contributed by atoms with Gasteiger partial charge in [-0.3, -0.25) is 4.68 Å². The molecule has 0 saturated carbocycles. The molecule has 0 bridgehead atoms. The zero-order valence-electron chi connectivity index (χ0n) is 11.2. The first-order chi connectivity index (χ1) is 9.08. The summed E-state index contributed by atoms with van der Waals surface area (Å²) in [5.41, 5.74) is 2.60. The second kappa shape index (κ2) is 5.75. The SMILES string of the molecule is CCn1ncc(OC)c1C(O)c1ccc(Br)c(C)c1. The first-order valence-electron chi connectivity index (χ1n) is 6.12. The molecule has 0 saturated heterocycles. The summed E-state index contributed by atoms with van der Waals surface area (Å²) in [7, 11) is 1.58. The number of ether oxygens (including phenoxy) is 1. The number of hydrogen-bond acceptors (Lipinski definition) is 3. The van der Waals surface area contributed by atoms with Crippen LogP contribution in [0, 0.1) is 6.92 Å². The quantitative estimate of drug-likeness (QED) is 0.940. The largest absolute Gasteiger partial charge is 0.493 e. The molecule has 1 atom stereocenters. The molecular formula is C14H17BrN2O2. The minimum absolute atomic E-state index is 0.606. The van der Waals surface area contributed by atoms with Crippen molar-refractivity contribution in [2.45, 2.75) is 26.5 Å². The standard InChI is InChI=1S/C14H17BrN2O2/c1-4-17-13(12(19-3)8-16-17)14(18)10-5-6-11(15)9(2)7-10/h5-8,14,18H,4H2,1-3H3. The predicted molar refractivity (Wildman–Crippen MR) is 77.4 cm³/mol. The van der Waals surface area contributed by atoms with Crippen LogP contribution in [0.1, 0.15) is 29.8 Å². The Hall–Kier alpha value is -1.33. The van der Waals surface area contributed by atoms with Crippen LogP contribution in [0.15, 0.2) is 28.9 Å². The van der Waals surface area contributed by atoms with Crippen LogP contribution in [-0.4, -0.2) is 22.0 Å². The van der Waals surface area contributed by atoms with Crippen molar-refractivity contribution in [1.29, 1.82) is 0 Å². The van der Waals surface area contributed by atoms with Gasteiger partial charge in [0.2, 0.25) is 0 Å². The minimum atomic E-state index is -0.746. The number of aryl methyl sites for hydroxylation is 2. The molecule has 0 aliphatic heterocycles. The molecule has 1 aromatic carbocycles. The number of benzene rings is 1. The topological polar surface area (TPSA) is 47.3 Å². The van der Waals surface area contributed by atoms with E-state index in [1.807, 2.05) is 32.0 Å². The van der Waals surface area contributed by atoms with Crippen molar-refractivity contribution >= 4 is 15.9 Å². The molecule has 1 N–H and O–H groups in total. The van der Waals surface area contributed by atoms with Gasteiger partial charge in [0.15, 0.2) is 5.75 Å². The van der Waals surface area contributed by atoms with Crippen molar-refractivity contribution in [3.63, 3.8) is 0 Å². The van der Waals surface area contributed by atoms with E-state index in [0.717, 1.165) is 15.6 Å². The highest BCUT2D eigenvalue weighted by Gasteiger charge is 2.21. The van der Waals surface area contributed by atoms with E-state index in [-0.39, 0.29) is 0 Å². The van der Waals surface area contributed by atoms with Crippen LogP contribution in [-0.2, 0) is 6.54 Å². The van der Waals surface area contributed by atoms with E-state index in [4.69, 9.17) is 4.74 Å². The summed E-state index contributed by atoms with van der Waals surface area (Å²) in [5, 5.41) is 14.8. The molecule has 4 nitrogen and oxygen atoms in total. The van der Waals surface area contributed by atoms with Gasteiger partial charge in [-0.1, -0.05) is 28.1 Å². The Morgan fingerprint density at radius 1 is 1.47 bits per heavy atom. The maximum absolute atomic E-state index is 10.6. The molecule has 0 fully saturated rings. The second-order valence-electron chi connectivity index (χ2n) is 4.33. The van der Waals surface area contributed by atoms with Gasteiger partial charge >= 0.3 is 0 Å². The highest BCUT2D eigenvalue weighted by atomic mass is 79.9. The van der Waals surface area contributed by atoms with Crippen molar-refractivity contribution in [1.82, 2.24) is 9.78 Å². The van der Waals surface area contributed by atoms with Crippen molar-refractivity contribution in [2.24, 2.45) is 0 Å². The number of nitrogens with zero attached hydrogens (tertiary/aromatic N) is 2. The summed E-state index contributed by atoms with van der Waals surface area (Å²) in [6.07, 6.45) is 0.887. The van der Waals surface area contributed by atoms with E-state index in [9.17, 15) is 5.11 Å². The van der Waals surface area contributed by atoms with Crippen LogP contribution < -0.4 is 4.74 Å². The number of rotatable bonds is 4. The van der Waals surface area contributed by atoms with Crippen LogP contribution in [0.25, 0.3) is 0 Å². The second-order valence-corrected chi connectivity index (χ2v) is 5.18. The number of aliphatic hydroxyl groups excluding tert-OH is 1. The van der Waals surface area contributed by atoms with Crippen LogP contribution in [0.3, 0.4) is 0 Å². The minimum Gasteiger partial charge on any atom is -0.493 e. The number of hydrogen-bond donors (Lipinski definition) is 1. The summed E-state index contributed by atoms with van der Waals surface area (Å²) >= 11 is 3.46. The Bertz CT molecular complexity index is 559. The molecule has 102 valence electrons. The van der Waals surface area contributed by atoms with Gasteiger partial charge < -0.3 is 9.84 Å². The highest BCUT2D eigenvalue weighted by molar-refractivity contribution is 9.10. The van der Waals surface area contributed by atoms with Crippen molar-refractivity contribution in [3.8, 4) is 5.75 Å². The lowest BCUT2D eigenvalue weighted by atomic mass is 10.0. The fraction of sp³-hybridized carbons (Fsp3) is 0.357. The zero-order valence-corrected chi connectivity index (χ0v) is 12.8. The van der Waals surface area contributed by atoms with Crippen LogP contribution >= 0.6 is 15.9 Å². The maximum Gasteiger partial charge on any atom is 0.163 e. The summed E-state index contributed by atoms with van der Waals surface area (Å²) in [6.45, 7) is 4.66. The van der Waals surface area contributed by atoms with Gasteiger partial charge in [0, 0.05) is 11.0 Å². The van der Waals surface area contributed by atoms with Crippen molar-refractivity contribution in [3.05, 3.63) is 45.7 Å². The average Bonchev–Trinajstić information content (AvgIpc) is 2.83. The Kier molecular flexibility index (Phi) is 4.27. The monoisotopic (exact) mass is 324 g/mol. The molecule has 0 aliphatic rings. The third kappa shape index (κ3) is 2.67. The lowest BCUT2D eigenvalue weighted by molar-refractivity contribution is 0.202. The van der Waals surface area contributed by atoms with E-state index in [0.29, 0.717) is 18.0 Å². The van der Waals surface area contributed by atoms with Crippen LogP contribution in [0.2, 0.25) is 0 Å². The molecular weight excluding hydrogens is 308 g/mol. The third-order valence-corrected chi connectivity index (χ3v) is 4.01. The third-order valence-electron chi connectivity index (χ3n) is 3.12. The molecule has 0 aliphatic carbocycles. The van der Waals surface area contributed by atoms with E-state index >= 15 is 0 Å². The predicted octanol–water partition coefficient (Wildman–Crippen LogP) is 3.06. The molecule has 2 aromatic rings. The zero-order chi connectivity index (χ0) is 14.0. The van der Waals surface area contributed by atoms with E-state index in [1.165, 1.54) is 0 Å². The fourth-order valence-electron chi connectivity index (χ4n) is 2.06. The smallest absolute Gasteiger partial charge is 0.163 e. The van der Waals surface area contributed by atoms with Gasteiger partial charge in [0.25, 0.3) is 0 Å². The lowest BCUT2D eigenvalue weighted by Gasteiger charge is -2.15. The molecule has 5 heteroatoms. The molecule has 1 aromatic heterocycles. The number of aliphatic hydroxyl groups is 1. The van der Waals surface area contributed by atoms with Crippen molar-refractivity contribution < 1.29 is 9.84 Å². The Morgan fingerprint density at radius 3 is 2.79 bits per heavy atom. The van der Waals surface area contributed by atoms with Crippen LogP contribution in [0.4, 0.5) is 0 Å². The summed E-state index contributed by atoms with van der Waals surface area (Å²) in [6, 6.07) is 5.79. The van der Waals surface area contributed by atoms with Gasteiger partial charge in [-0.15, -0.1) is 0 Å². The molecule has 2 rings (SSSR count). The van der Waals surface area contributed by atoms with Crippen LogP contribution in [0.5, 0.6) is 5.75 Å². The highest BCUT2D eigenvalue weighted by Crippen LogP contribution is 2.31. The van der Waals surface area contributed by atoms with Gasteiger partial charge in [0.1, 0.15) is 11.8 Å². The first-order valence-corrected chi connectivity index (χ1v) is 6.91. The lowest BCUT2D eigenvalue weighted by Crippen LogP contribution is -2.10. The van der Waals surface area contributed by atoms with E-state index < -0.39 is 6.10 Å². The molecule has 1 heterocycles. The summed E-state index contributed by atoms with van der Waals surface area (Å²) in [4.78, 5) is 0. The molecule has 0 spiro atoms. The molecule has 1 unspecified atom stereocenters. The fourth-order valence-corrected chi connectivity index (χ4v) is 2.31. The van der Waals surface area contributed by atoms with Gasteiger partial charge in [-0.05, 0) is 31.0 Å². The molecule has 0 amide bonds. The van der Waals surface area contributed by atoms with E-state index in [2.05, 4.69) is 21.0 Å². The molecule has 0 radical (unpaired) electrons. The van der Waals surface area contributed by atoms with Gasteiger partial charge in [-0.25, -0.2) is 0 Å². The maximum atomic E-state index is 10.6. The number of halogens is 1. The normalized spacial score (nSPS) is 12.5. The van der Waals surface area contributed by atoms with Gasteiger partial charge in [0.05, 0.1) is 13.3 Å². The van der Waals surface area contributed by atoms with E-state index in [1.54, 1.807) is 18.0 Å². The Balaban J connectivity index is 2.45. The number of methoxy groups -OCH3 is 1. The number of aromatic nitrogens is 2. The Labute approximate surface area is 121 Å². The summed E-state index contributed by atoms with van der Waals surface area (Å²) in [5.74, 6) is 0.606.